The Hall–Kier alpha value is -1.38. The normalized spacial score (nSPS) is 11.4. The molecule has 0 amide bonds. The fourth-order valence-electron chi connectivity index (χ4n) is 1.68. The quantitative estimate of drug-likeness (QED) is 0.806. The van der Waals surface area contributed by atoms with Crippen molar-refractivity contribution in [3.63, 3.8) is 0 Å². The number of ether oxygens (including phenoxy) is 1. The number of aromatic hydroxyl groups is 2. The summed E-state index contributed by atoms with van der Waals surface area (Å²) in [7, 11) is 0. The molecule has 2 N–H and O–H groups in total. The van der Waals surface area contributed by atoms with Crippen molar-refractivity contribution in [2.24, 2.45) is 5.41 Å². The summed E-state index contributed by atoms with van der Waals surface area (Å²) in [6.07, 6.45) is 2.19. The van der Waals surface area contributed by atoms with Gasteiger partial charge in [-0.25, -0.2) is 0 Å². The third kappa shape index (κ3) is 4.01. The first-order valence-electron chi connectivity index (χ1n) is 5.59. The van der Waals surface area contributed by atoms with Crippen molar-refractivity contribution in [2.45, 2.75) is 33.6 Å². The van der Waals surface area contributed by atoms with Crippen LogP contribution in [0, 0.1) is 5.41 Å². The highest BCUT2D eigenvalue weighted by Gasteiger charge is 2.17. The lowest BCUT2D eigenvalue weighted by atomic mass is 9.89. The summed E-state index contributed by atoms with van der Waals surface area (Å²) >= 11 is 0. The smallest absolute Gasteiger partial charge is 0.126 e. The maximum atomic E-state index is 9.29. The van der Waals surface area contributed by atoms with Crippen LogP contribution in [0.3, 0.4) is 0 Å². The number of phenolic OH excluding ortho intramolecular Hbond substituents is 2. The topological polar surface area (TPSA) is 49.7 Å². The Balaban J connectivity index is 2.60. The van der Waals surface area contributed by atoms with Crippen LogP contribution < -0.4 is 4.74 Å². The highest BCUT2D eigenvalue weighted by molar-refractivity contribution is 5.40. The van der Waals surface area contributed by atoms with E-state index in [1.807, 2.05) is 0 Å². The second kappa shape index (κ2) is 5.10. The second-order valence-electron chi connectivity index (χ2n) is 4.89. The average Bonchev–Trinajstić information content (AvgIpc) is 2.13. The van der Waals surface area contributed by atoms with Crippen LogP contribution in [0.5, 0.6) is 17.2 Å². The zero-order chi connectivity index (χ0) is 12.2. The molecule has 90 valence electrons. The third-order valence-corrected chi connectivity index (χ3v) is 2.43. The minimum Gasteiger partial charge on any atom is -0.508 e. The SMILES string of the molecule is CCCC(C)(C)COc1cc(O)cc(O)c1. The first kappa shape index (κ1) is 12.7. The number of hydrogen-bond donors (Lipinski definition) is 2. The molecule has 0 fully saturated rings. The minimum atomic E-state index is 0.0169. The van der Waals surface area contributed by atoms with Gasteiger partial charge >= 0.3 is 0 Å². The standard InChI is InChI=1S/C13H20O3/c1-4-5-13(2,3)9-16-12-7-10(14)6-11(15)8-12/h6-8,14-15H,4-5,9H2,1-3H3. The lowest BCUT2D eigenvalue weighted by Crippen LogP contribution is -2.21. The van der Waals surface area contributed by atoms with Crippen molar-refractivity contribution >= 4 is 0 Å². The minimum absolute atomic E-state index is 0.0169. The Morgan fingerprint density at radius 3 is 2.19 bits per heavy atom. The van der Waals surface area contributed by atoms with E-state index < -0.39 is 0 Å². The zero-order valence-electron chi connectivity index (χ0n) is 10.2. The fourth-order valence-corrected chi connectivity index (χ4v) is 1.68. The van der Waals surface area contributed by atoms with E-state index in [1.165, 1.54) is 18.2 Å². The van der Waals surface area contributed by atoms with Crippen LogP contribution in [0.1, 0.15) is 33.6 Å². The summed E-state index contributed by atoms with van der Waals surface area (Å²) in [5, 5.41) is 18.6. The molecule has 0 aliphatic heterocycles. The Morgan fingerprint density at radius 2 is 1.69 bits per heavy atom. The molecule has 0 saturated carbocycles. The van der Waals surface area contributed by atoms with Gasteiger partial charge < -0.3 is 14.9 Å². The molecule has 0 aliphatic rings. The van der Waals surface area contributed by atoms with Gasteiger partial charge in [0.05, 0.1) is 6.61 Å². The molecule has 1 rings (SSSR count). The van der Waals surface area contributed by atoms with E-state index in [0.29, 0.717) is 12.4 Å². The van der Waals surface area contributed by atoms with Crippen LogP contribution in [-0.4, -0.2) is 16.8 Å². The van der Waals surface area contributed by atoms with Crippen LogP contribution >= 0.6 is 0 Å². The molecule has 0 aliphatic carbocycles. The maximum absolute atomic E-state index is 9.29. The van der Waals surface area contributed by atoms with E-state index in [9.17, 15) is 10.2 Å². The summed E-state index contributed by atoms with van der Waals surface area (Å²) < 4.78 is 5.56. The van der Waals surface area contributed by atoms with Gasteiger partial charge in [-0.2, -0.15) is 0 Å². The van der Waals surface area contributed by atoms with Gasteiger partial charge in [0.25, 0.3) is 0 Å². The van der Waals surface area contributed by atoms with E-state index in [4.69, 9.17) is 4.74 Å². The summed E-state index contributed by atoms with van der Waals surface area (Å²) in [6, 6.07) is 4.29. The monoisotopic (exact) mass is 224 g/mol. The molecule has 0 bridgehead atoms. The first-order valence-corrected chi connectivity index (χ1v) is 5.59. The lowest BCUT2D eigenvalue weighted by Gasteiger charge is -2.24. The zero-order valence-corrected chi connectivity index (χ0v) is 10.2. The van der Waals surface area contributed by atoms with E-state index in [1.54, 1.807) is 0 Å². The van der Waals surface area contributed by atoms with Crippen molar-refractivity contribution < 1.29 is 14.9 Å². The van der Waals surface area contributed by atoms with Gasteiger partial charge in [-0.05, 0) is 11.8 Å². The first-order chi connectivity index (χ1) is 7.43. The highest BCUT2D eigenvalue weighted by atomic mass is 16.5. The fraction of sp³-hybridized carbons (Fsp3) is 0.538. The summed E-state index contributed by atoms with van der Waals surface area (Å²) in [5.74, 6) is 0.535. The van der Waals surface area contributed by atoms with E-state index in [0.717, 1.165) is 12.8 Å². The molecular formula is C13H20O3. The van der Waals surface area contributed by atoms with Crippen molar-refractivity contribution in [2.75, 3.05) is 6.61 Å². The molecule has 0 saturated heterocycles. The number of hydrogen-bond acceptors (Lipinski definition) is 3. The van der Waals surface area contributed by atoms with Gasteiger partial charge in [-0.3, -0.25) is 0 Å². The van der Waals surface area contributed by atoms with Crippen LogP contribution in [-0.2, 0) is 0 Å². The van der Waals surface area contributed by atoms with Crippen LogP contribution in [0.15, 0.2) is 18.2 Å². The van der Waals surface area contributed by atoms with E-state index in [-0.39, 0.29) is 16.9 Å². The third-order valence-electron chi connectivity index (χ3n) is 2.43. The summed E-state index contributed by atoms with van der Waals surface area (Å²) in [6.45, 7) is 6.99. The molecule has 16 heavy (non-hydrogen) atoms. The van der Waals surface area contributed by atoms with Crippen molar-refractivity contribution in [1.29, 1.82) is 0 Å². The average molecular weight is 224 g/mol. The molecule has 0 atom stereocenters. The Morgan fingerprint density at radius 1 is 1.12 bits per heavy atom. The number of benzene rings is 1. The number of rotatable bonds is 5. The van der Waals surface area contributed by atoms with Crippen LogP contribution in [0.25, 0.3) is 0 Å². The van der Waals surface area contributed by atoms with Gasteiger partial charge in [0.15, 0.2) is 0 Å². The predicted octanol–water partition coefficient (Wildman–Crippen LogP) is 3.30. The molecule has 0 spiro atoms. The van der Waals surface area contributed by atoms with Crippen molar-refractivity contribution in [1.82, 2.24) is 0 Å². The van der Waals surface area contributed by atoms with Gasteiger partial charge in [0.2, 0.25) is 0 Å². The second-order valence-corrected chi connectivity index (χ2v) is 4.89. The lowest BCUT2D eigenvalue weighted by molar-refractivity contribution is 0.168. The Labute approximate surface area is 96.7 Å². The van der Waals surface area contributed by atoms with E-state index >= 15 is 0 Å². The molecule has 0 aromatic heterocycles. The van der Waals surface area contributed by atoms with E-state index in [2.05, 4.69) is 20.8 Å². The molecule has 3 heteroatoms. The van der Waals surface area contributed by atoms with Crippen molar-refractivity contribution in [3.8, 4) is 17.2 Å². The van der Waals surface area contributed by atoms with Gasteiger partial charge in [0, 0.05) is 18.2 Å². The largest absolute Gasteiger partial charge is 0.508 e. The van der Waals surface area contributed by atoms with Crippen LogP contribution in [0.2, 0.25) is 0 Å². The highest BCUT2D eigenvalue weighted by Crippen LogP contribution is 2.28. The molecular weight excluding hydrogens is 204 g/mol. The van der Waals surface area contributed by atoms with Gasteiger partial charge in [-0.1, -0.05) is 27.2 Å². The van der Waals surface area contributed by atoms with Gasteiger partial charge in [0.1, 0.15) is 17.2 Å². The van der Waals surface area contributed by atoms with Gasteiger partial charge in [-0.15, -0.1) is 0 Å². The molecule has 3 nitrogen and oxygen atoms in total. The molecule has 0 unspecified atom stereocenters. The maximum Gasteiger partial charge on any atom is 0.126 e. The molecule has 1 aromatic rings. The number of phenols is 2. The van der Waals surface area contributed by atoms with Crippen LogP contribution in [0.4, 0.5) is 0 Å². The van der Waals surface area contributed by atoms with Crippen molar-refractivity contribution in [3.05, 3.63) is 18.2 Å². The Kier molecular flexibility index (Phi) is 4.05. The predicted molar refractivity (Wildman–Crippen MR) is 64.0 cm³/mol. The molecule has 0 radical (unpaired) electrons. The molecule has 1 aromatic carbocycles. The summed E-state index contributed by atoms with van der Waals surface area (Å²) in [4.78, 5) is 0. The Bertz CT molecular complexity index is 325. The molecule has 0 heterocycles. The summed E-state index contributed by atoms with van der Waals surface area (Å²) in [5.41, 5.74) is 0.107.